The largest absolute Gasteiger partial charge is 0.673 e. The fourth-order valence-corrected chi connectivity index (χ4v) is 4.60. The van der Waals surface area contributed by atoms with Crippen molar-refractivity contribution in [1.82, 2.24) is 0 Å². The van der Waals surface area contributed by atoms with Gasteiger partial charge in [-0.1, -0.05) is 72.8 Å². The van der Waals surface area contributed by atoms with E-state index in [1.165, 1.54) is 44.0 Å². The molecular formula is C27H19BF4O. The van der Waals surface area contributed by atoms with E-state index in [0.717, 1.165) is 24.2 Å². The average molecular weight is 446 g/mol. The second-order valence-corrected chi connectivity index (χ2v) is 7.97. The first-order valence-corrected chi connectivity index (χ1v) is 10.7. The van der Waals surface area contributed by atoms with Crippen LogP contribution in [0, 0.1) is 0 Å². The van der Waals surface area contributed by atoms with Crippen molar-refractivity contribution < 1.29 is 21.7 Å². The van der Waals surface area contributed by atoms with Gasteiger partial charge in [-0.25, -0.2) is 4.42 Å². The predicted octanol–water partition coefficient (Wildman–Crippen LogP) is 8.60. The zero-order valence-corrected chi connectivity index (χ0v) is 17.6. The van der Waals surface area contributed by atoms with Gasteiger partial charge in [-0.05, 0) is 47.6 Å². The van der Waals surface area contributed by atoms with Crippen LogP contribution in [0.4, 0.5) is 17.3 Å². The number of rotatable bonds is 1. The lowest BCUT2D eigenvalue weighted by atomic mass is 9.84. The van der Waals surface area contributed by atoms with Gasteiger partial charge in [-0.3, -0.25) is 0 Å². The van der Waals surface area contributed by atoms with E-state index >= 15 is 0 Å². The third-order valence-electron chi connectivity index (χ3n) is 5.90. The molecule has 33 heavy (non-hydrogen) atoms. The molecule has 6 heteroatoms. The van der Waals surface area contributed by atoms with Gasteiger partial charge in [0.1, 0.15) is 0 Å². The van der Waals surface area contributed by atoms with Crippen LogP contribution in [0.5, 0.6) is 0 Å². The molecule has 1 aromatic heterocycles. The van der Waals surface area contributed by atoms with Crippen LogP contribution >= 0.6 is 0 Å². The van der Waals surface area contributed by atoms with E-state index in [4.69, 9.17) is 4.42 Å². The van der Waals surface area contributed by atoms with Crippen LogP contribution in [0.3, 0.4) is 0 Å². The number of hydrogen-bond acceptors (Lipinski definition) is 0. The molecule has 0 spiro atoms. The van der Waals surface area contributed by atoms with Crippen molar-refractivity contribution in [1.29, 1.82) is 0 Å². The molecule has 0 amide bonds. The van der Waals surface area contributed by atoms with E-state index in [9.17, 15) is 17.3 Å². The highest BCUT2D eigenvalue weighted by atomic mass is 19.5. The Kier molecular flexibility index (Phi) is 5.37. The summed E-state index contributed by atoms with van der Waals surface area (Å²) in [5.41, 5.74) is 7.49. The number of halogens is 4. The lowest BCUT2D eigenvalue weighted by Gasteiger charge is -2.17. The molecular weight excluding hydrogens is 427 g/mol. The summed E-state index contributed by atoms with van der Waals surface area (Å²) in [6.45, 7) is 0. The minimum Gasteiger partial charge on any atom is -0.418 e. The summed E-state index contributed by atoms with van der Waals surface area (Å²) in [4.78, 5) is 0. The molecule has 0 aliphatic heterocycles. The zero-order chi connectivity index (χ0) is 23.0. The lowest BCUT2D eigenvalue weighted by molar-refractivity contribution is 0.368. The van der Waals surface area contributed by atoms with Crippen LogP contribution in [-0.4, -0.2) is 7.25 Å². The molecule has 1 aliphatic carbocycles. The first-order chi connectivity index (χ1) is 15.9. The van der Waals surface area contributed by atoms with Crippen LogP contribution in [-0.2, 0) is 12.8 Å². The summed E-state index contributed by atoms with van der Waals surface area (Å²) < 4.78 is 45.7. The summed E-state index contributed by atoms with van der Waals surface area (Å²) in [5, 5.41) is 3.58. The van der Waals surface area contributed by atoms with Gasteiger partial charge in [-0.15, -0.1) is 0 Å². The molecule has 4 aromatic carbocycles. The SMILES string of the molecule is F[B-](F)(F)F.c1ccc(-c2c3c([o+]c4c2ccc2ccccc24)-c2ccccc2CC3)cc1. The Morgan fingerprint density at radius 1 is 0.636 bits per heavy atom. The van der Waals surface area contributed by atoms with Crippen molar-refractivity contribution in [3.63, 3.8) is 0 Å². The molecule has 164 valence electrons. The maximum atomic E-state index is 9.75. The standard InChI is InChI=1S/C27H19O.BF4/c1-2-10-20(11-3-1)25-23-16-14-18-8-4-6-12-21(18)26(23)28-27-22-13-7-5-9-19(22)15-17-24(25)27;2-1(3,4)5/h1-14,16H,15,17H2;/q+1;-1. The Morgan fingerprint density at radius 2 is 1.30 bits per heavy atom. The Bertz CT molecular complexity index is 1460. The number of fused-ring (bicyclic) bond motifs is 6. The van der Waals surface area contributed by atoms with Gasteiger partial charge in [0.25, 0.3) is 0 Å². The van der Waals surface area contributed by atoms with Crippen molar-refractivity contribution >= 4 is 29.0 Å². The highest BCUT2D eigenvalue weighted by molar-refractivity contribution is 6.50. The first-order valence-electron chi connectivity index (χ1n) is 10.7. The number of aryl methyl sites for hydroxylation is 1. The van der Waals surface area contributed by atoms with Crippen LogP contribution in [0.2, 0.25) is 0 Å². The molecule has 0 saturated carbocycles. The number of hydrogen-bond donors (Lipinski definition) is 0. The average Bonchev–Trinajstić information content (AvgIpc) is 2.82. The Morgan fingerprint density at radius 3 is 2.09 bits per heavy atom. The van der Waals surface area contributed by atoms with Gasteiger partial charge in [0, 0.05) is 5.56 Å². The normalized spacial score (nSPS) is 12.6. The molecule has 0 atom stereocenters. The van der Waals surface area contributed by atoms with Gasteiger partial charge < -0.3 is 17.3 Å². The Hall–Kier alpha value is -3.67. The summed E-state index contributed by atoms with van der Waals surface area (Å²) in [6.07, 6.45) is 2.06. The van der Waals surface area contributed by atoms with E-state index in [0.29, 0.717) is 0 Å². The fourth-order valence-electron chi connectivity index (χ4n) is 4.60. The van der Waals surface area contributed by atoms with Crippen LogP contribution < -0.4 is 0 Å². The van der Waals surface area contributed by atoms with Crippen molar-refractivity contribution in [2.24, 2.45) is 0 Å². The number of benzene rings is 4. The topological polar surface area (TPSA) is 11.3 Å². The smallest absolute Gasteiger partial charge is 0.418 e. The van der Waals surface area contributed by atoms with Gasteiger partial charge in [0.2, 0.25) is 0 Å². The molecule has 0 radical (unpaired) electrons. The van der Waals surface area contributed by atoms with Crippen LogP contribution in [0.25, 0.3) is 44.2 Å². The van der Waals surface area contributed by atoms with Gasteiger partial charge in [-0.2, -0.15) is 0 Å². The third kappa shape index (κ3) is 4.21. The highest BCUT2D eigenvalue weighted by Crippen LogP contribution is 2.44. The summed E-state index contributed by atoms with van der Waals surface area (Å²) >= 11 is 0. The second-order valence-electron chi connectivity index (χ2n) is 7.97. The molecule has 1 aliphatic rings. The minimum atomic E-state index is -6.00. The van der Waals surface area contributed by atoms with E-state index in [1.54, 1.807) is 0 Å². The van der Waals surface area contributed by atoms with E-state index in [-0.39, 0.29) is 0 Å². The summed E-state index contributed by atoms with van der Waals surface area (Å²) in [7, 11) is -6.00. The van der Waals surface area contributed by atoms with Crippen molar-refractivity contribution in [3.05, 3.63) is 102 Å². The van der Waals surface area contributed by atoms with E-state index < -0.39 is 7.25 Å². The fraction of sp³-hybridized carbons (Fsp3) is 0.0741. The Labute approximate surface area is 188 Å². The third-order valence-corrected chi connectivity index (χ3v) is 5.90. The quantitative estimate of drug-likeness (QED) is 0.109. The molecule has 0 bridgehead atoms. The van der Waals surface area contributed by atoms with Gasteiger partial charge in [0.05, 0.1) is 21.9 Å². The van der Waals surface area contributed by atoms with Gasteiger partial charge >= 0.3 is 18.6 Å². The molecule has 5 aromatic rings. The molecule has 0 saturated heterocycles. The molecule has 1 nitrogen and oxygen atoms in total. The monoisotopic (exact) mass is 446 g/mol. The molecule has 0 N–H and O–H groups in total. The first kappa shape index (κ1) is 21.2. The molecule has 1 heterocycles. The second kappa shape index (κ2) is 8.36. The van der Waals surface area contributed by atoms with Crippen molar-refractivity contribution in [2.75, 3.05) is 0 Å². The maximum Gasteiger partial charge on any atom is 0.673 e. The van der Waals surface area contributed by atoms with E-state index in [2.05, 4.69) is 91.0 Å². The summed E-state index contributed by atoms with van der Waals surface area (Å²) in [5.74, 6) is 1.03. The highest BCUT2D eigenvalue weighted by Gasteiger charge is 2.32. The predicted molar refractivity (Wildman–Crippen MR) is 127 cm³/mol. The maximum absolute atomic E-state index is 9.75. The Balaban J connectivity index is 0.000000416. The zero-order valence-electron chi connectivity index (χ0n) is 17.6. The van der Waals surface area contributed by atoms with Crippen LogP contribution in [0.1, 0.15) is 11.1 Å². The lowest BCUT2D eigenvalue weighted by Crippen LogP contribution is -2.06. The molecule has 0 unspecified atom stereocenters. The molecule has 6 rings (SSSR count). The minimum absolute atomic E-state index is 0.979. The summed E-state index contributed by atoms with van der Waals surface area (Å²) in [6, 6.07) is 32.3. The van der Waals surface area contributed by atoms with Gasteiger partial charge in [0.15, 0.2) is 0 Å². The van der Waals surface area contributed by atoms with E-state index in [1.807, 2.05) is 0 Å². The molecule has 0 fully saturated rings. The van der Waals surface area contributed by atoms with Crippen molar-refractivity contribution in [3.8, 4) is 22.5 Å². The van der Waals surface area contributed by atoms with Crippen LogP contribution in [0.15, 0.2) is 95.4 Å². The van der Waals surface area contributed by atoms with Crippen molar-refractivity contribution in [2.45, 2.75) is 12.8 Å².